The van der Waals surface area contributed by atoms with Crippen LogP contribution >= 0.6 is 0 Å². The molecule has 3 heterocycles. The SMILES string of the molecule is COc1cc(N2CCN(C(=O)Nc3ccc4c(c3)OCCO4)CC2)nc(C)n1. The monoisotopic (exact) mass is 385 g/mol. The van der Waals surface area contributed by atoms with Crippen LogP contribution in [0.4, 0.5) is 16.3 Å². The second kappa shape index (κ2) is 7.79. The summed E-state index contributed by atoms with van der Waals surface area (Å²) in [6.45, 7) is 5.47. The van der Waals surface area contributed by atoms with E-state index in [4.69, 9.17) is 14.2 Å². The maximum absolute atomic E-state index is 12.6. The number of amides is 2. The number of benzene rings is 1. The second-order valence-electron chi connectivity index (χ2n) is 6.58. The highest BCUT2D eigenvalue weighted by molar-refractivity contribution is 5.90. The molecule has 1 aromatic carbocycles. The zero-order valence-corrected chi connectivity index (χ0v) is 16.0. The van der Waals surface area contributed by atoms with Crippen molar-refractivity contribution in [2.24, 2.45) is 0 Å². The van der Waals surface area contributed by atoms with E-state index < -0.39 is 0 Å². The summed E-state index contributed by atoms with van der Waals surface area (Å²) in [5.41, 5.74) is 0.688. The molecular weight excluding hydrogens is 362 g/mol. The van der Waals surface area contributed by atoms with Gasteiger partial charge in [-0.3, -0.25) is 0 Å². The van der Waals surface area contributed by atoms with Crippen LogP contribution in [0.25, 0.3) is 0 Å². The van der Waals surface area contributed by atoms with Crippen LogP contribution in [-0.4, -0.2) is 67.4 Å². The summed E-state index contributed by atoms with van der Waals surface area (Å²) in [6, 6.07) is 7.11. The lowest BCUT2D eigenvalue weighted by Crippen LogP contribution is -2.50. The molecule has 0 unspecified atom stereocenters. The van der Waals surface area contributed by atoms with Crippen molar-refractivity contribution >= 4 is 17.5 Å². The van der Waals surface area contributed by atoms with Crippen molar-refractivity contribution in [2.75, 3.05) is 56.7 Å². The number of hydrogen-bond donors (Lipinski definition) is 1. The van der Waals surface area contributed by atoms with E-state index in [1.54, 1.807) is 18.1 Å². The molecular formula is C19H23N5O4. The molecule has 1 saturated heterocycles. The molecule has 0 spiro atoms. The number of carbonyl (C=O) groups excluding carboxylic acids is 1. The van der Waals surface area contributed by atoms with Gasteiger partial charge in [0.25, 0.3) is 0 Å². The molecule has 148 valence electrons. The first kappa shape index (κ1) is 18.1. The molecule has 0 radical (unpaired) electrons. The van der Waals surface area contributed by atoms with Crippen LogP contribution in [0, 0.1) is 6.92 Å². The van der Waals surface area contributed by atoms with Crippen LogP contribution in [-0.2, 0) is 0 Å². The van der Waals surface area contributed by atoms with Crippen molar-refractivity contribution in [3.63, 3.8) is 0 Å². The van der Waals surface area contributed by atoms with Crippen LogP contribution in [0.5, 0.6) is 17.4 Å². The number of hydrogen-bond acceptors (Lipinski definition) is 7. The normalized spacial score (nSPS) is 15.9. The van der Waals surface area contributed by atoms with E-state index in [1.165, 1.54) is 0 Å². The van der Waals surface area contributed by atoms with Gasteiger partial charge in [-0.1, -0.05) is 0 Å². The largest absolute Gasteiger partial charge is 0.486 e. The molecule has 1 aromatic heterocycles. The van der Waals surface area contributed by atoms with Crippen LogP contribution in [0.2, 0.25) is 0 Å². The number of ether oxygens (including phenoxy) is 3. The van der Waals surface area contributed by atoms with Gasteiger partial charge in [-0.05, 0) is 19.1 Å². The molecule has 9 nitrogen and oxygen atoms in total. The zero-order chi connectivity index (χ0) is 19.5. The number of rotatable bonds is 3. The number of aromatic nitrogens is 2. The number of anilines is 2. The lowest BCUT2D eigenvalue weighted by Gasteiger charge is -2.35. The molecule has 4 rings (SSSR count). The summed E-state index contributed by atoms with van der Waals surface area (Å²) < 4.78 is 16.3. The third kappa shape index (κ3) is 3.88. The summed E-state index contributed by atoms with van der Waals surface area (Å²) >= 11 is 0. The molecule has 1 fully saturated rings. The van der Waals surface area contributed by atoms with Crippen LogP contribution in [0.15, 0.2) is 24.3 Å². The Labute approximate surface area is 163 Å². The Balaban J connectivity index is 1.36. The van der Waals surface area contributed by atoms with Gasteiger partial charge in [0.05, 0.1) is 7.11 Å². The van der Waals surface area contributed by atoms with Gasteiger partial charge in [-0.25, -0.2) is 9.78 Å². The minimum absolute atomic E-state index is 0.132. The molecule has 0 aliphatic carbocycles. The van der Waals surface area contributed by atoms with E-state index in [-0.39, 0.29) is 6.03 Å². The quantitative estimate of drug-likeness (QED) is 0.863. The fraction of sp³-hybridized carbons (Fsp3) is 0.421. The van der Waals surface area contributed by atoms with Gasteiger partial charge < -0.3 is 29.3 Å². The highest BCUT2D eigenvalue weighted by Crippen LogP contribution is 2.32. The number of methoxy groups -OCH3 is 1. The molecule has 1 N–H and O–H groups in total. The minimum Gasteiger partial charge on any atom is -0.486 e. The van der Waals surface area contributed by atoms with Gasteiger partial charge in [0.1, 0.15) is 24.9 Å². The number of urea groups is 1. The summed E-state index contributed by atoms with van der Waals surface area (Å²) in [4.78, 5) is 25.2. The van der Waals surface area contributed by atoms with Crippen molar-refractivity contribution in [3.8, 4) is 17.4 Å². The van der Waals surface area contributed by atoms with Crippen LogP contribution in [0.3, 0.4) is 0 Å². The number of nitrogens with one attached hydrogen (secondary N) is 1. The maximum Gasteiger partial charge on any atom is 0.321 e. The van der Waals surface area contributed by atoms with E-state index in [0.717, 1.165) is 5.82 Å². The van der Waals surface area contributed by atoms with E-state index in [9.17, 15) is 4.79 Å². The highest BCUT2D eigenvalue weighted by Gasteiger charge is 2.23. The fourth-order valence-corrected chi connectivity index (χ4v) is 3.25. The Morgan fingerprint density at radius 1 is 1.07 bits per heavy atom. The summed E-state index contributed by atoms with van der Waals surface area (Å²) in [7, 11) is 1.59. The van der Waals surface area contributed by atoms with Gasteiger partial charge in [-0.2, -0.15) is 4.98 Å². The van der Waals surface area contributed by atoms with E-state index in [0.29, 0.717) is 68.3 Å². The number of aryl methyl sites for hydroxylation is 1. The van der Waals surface area contributed by atoms with Crippen molar-refractivity contribution in [2.45, 2.75) is 6.92 Å². The van der Waals surface area contributed by atoms with E-state index in [2.05, 4.69) is 20.2 Å². The smallest absolute Gasteiger partial charge is 0.321 e. The molecule has 0 saturated carbocycles. The maximum atomic E-state index is 12.6. The topological polar surface area (TPSA) is 89.1 Å². The average Bonchev–Trinajstić information content (AvgIpc) is 2.73. The third-order valence-corrected chi connectivity index (χ3v) is 4.69. The molecule has 9 heteroatoms. The molecule has 2 amide bonds. The fourth-order valence-electron chi connectivity index (χ4n) is 3.25. The average molecular weight is 385 g/mol. The molecule has 28 heavy (non-hydrogen) atoms. The Hall–Kier alpha value is -3.23. The number of nitrogens with zero attached hydrogens (tertiary/aromatic N) is 4. The first-order chi connectivity index (χ1) is 13.6. The van der Waals surface area contributed by atoms with Crippen molar-refractivity contribution in [3.05, 3.63) is 30.1 Å². The summed E-state index contributed by atoms with van der Waals surface area (Å²) in [5.74, 6) is 3.38. The van der Waals surface area contributed by atoms with Gasteiger partial charge >= 0.3 is 6.03 Å². The first-order valence-electron chi connectivity index (χ1n) is 9.22. The molecule has 2 aliphatic heterocycles. The second-order valence-corrected chi connectivity index (χ2v) is 6.58. The third-order valence-electron chi connectivity index (χ3n) is 4.69. The standard InChI is InChI=1S/C19H23N5O4/c1-13-20-17(12-18(21-13)26-2)23-5-7-24(8-6-23)19(25)22-14-3-4-15-16(11-14)28-10-9-27-15/h3-4,11-12H,5-10H2,1-2H3,(H,22,25). The number of fused-ring (bicyclic) bond motifs is 1. The van der Waals surface area contributed by atoms with Gasteiger partial charge in [0, 0.05) is 44.0 Å². The minimum atomic E-state index is -0.132. The van der Waals surface area contributed by atoms with Crippen molar-refractivity contribution < 1.29 is 19.0 Å². The Morgan fingerprint density at radius 3 is 2.57 bits per heavy atom. The lowest BCUT2D eigenvalue weighted by atomic mass is 10.2. The summed E-state index contributed by atoms with van der Waals surface area (Å²) in [5, 5.41) is 2.93. The first-order valence-corrected chi connectivity index (χ1v) is 9.22. The van der Waals surface area contributed by atoms with E-state index >= 15 is 0 Å². The number of piperazine rings is 1. The Morgan fingerprint density at radius 2 is 1.82 bits per heavy atom. The lowest BCUT2D eigenvalue weighted by molar-refractivity contribution is 0.171. The van der Waals surface area contributed by atoms with Gasteiger partial charge in [0.15, 0.2) is 11.5 Å². The highest BCUT2D eigenvalue weighted by atomic mass is 16.6. The molecule has 0 bridgehead atoms. The van der Waals surface area contributed by atoms with Gasteiger partial charge in [0.2, 0.25) is 5.88 Å². The van der Waals surface area contributed by atoms with Crippen molar-refractivity contribution in [1.29, 1.82) is 0 Å². The zero-order valence-electron chi connectivity index (χ0n) is 16.0. The predicted molar refractivity (Wildman–Crippen MR) is 104 cm³/mol. The van der Waals surface area contributed by atoms with Gasteiger partial charge in [-0.15, -0.1) is 0 Å². The molecule has 0 atom stereocenters. The predicted octanol–water partition coefficient (Wildman–Crippen LogP) is 1.92. The van der Waals surface area contributed by atoms with Crippen LogP contribution in [0.1, 0.15) is 5.82 Å². The van der Waals surface area contributed by atoms with Crippen LogP contribution < -0.4 is 24.4 Å². The Kier molecular flexibility index (Phi) is 5.05. The molecule has 2 aliphatic rings. The summed E-state index contributed by atoms with van der Waals surface area (Å²) in [6.07, 6.45) is 0. The van der Waals surface area contributed by atoms with E-state index in [1.807, 2.05) is 25.1 Å². The number of carbonyl (C=O) groups is 1. The Bertz CT molecular complexity index is 867. The van der Waals surface area contributed by atoms with Crippen molar-refractivity contribution in [1.82, 2.24) is 14.9 Å². The molecule has 2 aromatic rings.